The lowest BCUT2D eigenvalue weighted by atomic mass is 10.1. The second-order valence-corrected chi connectivity index (χ2v) is 7.73. The number of benzene rings is 4. The predicted molar refractivity (Wildman–Crippen MR) is 127 cm³/mol. The fourth-order valence-electron chi connectivity index (χ4n) is 4.01. The molecule has 0 bridgehead atoms. The molecule has 0 aliphatic rings. The van der Waals surface area contributed by atoms with Crippen molar-refractivity contribution in [3.8, 4) is 11.6 Å². The van der Waals surface area contributed by atoms with Crippen LogP contribution in [0.15, 0.2) is 101 Å². The number of aromatic hydroxyl groups is 1. The van der Waals surface area contributed by atoms with E-state index in [0.29, 0.717) is 11.1 Å². The van der Waals surface area contributed by atoms with Crippen LogP contribution in [-0.4, -0.2) is 15.9 Å². The summed E-state index contributed by atoms with van der Waals surface area (Å²) in [5, 5.41) is 13.7. The number of nitrogens with zero attached hydrogens (tertiary/aromatic N) is 2. The summed E-state index contributed by atoms with van der Waals surface area (Å²) in [6.07, 6.45) is -3.16. The zero-order valence-corrected chi connectivity index (χ0v) is 17.6. The molecular formula is C27H17F3N2O2. The van der Waals surface area contributed by atoms with Crippen LogP contribution in [0.5, 0.6) is 5.88 Å². The third kappa shape index (κ3) is 3.71. The van der Waals surface area contributed by atoms with Gasteiger partial charge in [0, 0.05) is 22.4 Å². The van der Waals surface area contributed by atoms with Gasteiger partial charge in [-0.1, -0.05) is 60.7 Å². The van der Waals surface area contributed by atoms with Crippen LogP contribution in [0.25, 0.3) is 27.2 Å². The van der Waals surface area contributed by atoms with E-state index < -0.39 is 23.2 Å². The van der Waals surface area contributed by atoms with E-state index in [-0.39, 0.29) is 16.6 Å². The normalized spacial score (nSPS) is 12.1. The first kappa shape index (κ1) is 21.5. The topological polar surface area (TPSA) is 54.6 Å². The van der Waals surface area contributed by atoms with Crippen molar-refractivity contribution >= 4 is 33.4 Å². The Kier molecular flexibility index (Phi) is 5.17. The molecule has 0 amide bonds. The highest BCUT2D eigenvalue weighted by atomic mass is 19.4. The zero-order chi connectivity index (χ0) is 23.9. The minimum absolute atomic E-state index is 0.0945. The lowest BCUT2D eigenvalue weighted by Crippen LogP contribution is -2.20. The maximum atomic E-state index is 13.3. The maximum Gasteiger partial charge on any atom is 0.416 e. The van der Waals surface area contributed by atoms with Gasteiger partial charge in [0.2, 0.25) is 5.88 Å². The number of hydrogen-bond acceptors (Lipinski definition) is 3. The number of aliphatic imine (C=N–C) groups is 1. The van der Waals surface area contributed by atoms with Gasteiger partial charge in [0.1, 0.15) is 0 Å². The molecule has 0 fully saturated rings. The highest BCUT2D eigenvalue weighted by Gasteiger charge is 2.31. The fraction of sp³-hybridized carbons (Fsp3) is 0.0370. The molecule has 0 aliphatic carbocycles. The van der Waals surface area contributed by atoms with Crippen molar-refractivity contribution in [2.75, 3.05) is 0 Å². The van der Waals surface area contributed by atoms with Crippen LogP contribution in [0.3, 0.4) is 0 Å². The first-order valence-corrected chi connectivity index (χ1v) is 10.4. The van der Waals surface area contributed by atoms with E-state index in [4.69, 9.17) is 0 Å². The van der Waals surface area contributed by atoms with Crippen molar-refractivity contribution in [2.45, 2.75) is 6.18 Å². The van der Waals surface area contributed by atoms with Crippen LogP contribution >= 0.6 is 0 Å². The molecule has 5 aromatic rings. The van der Waals surface area contributed by atoms with Gasteiger partial charge in [-0.25, -0.2) is 4.57 Å². The quantitative estimate of drug-likeness (QED) is 0.309. The predicted octanol–water partition coefficient (Wildman–Crippen LogP) is 6.62. The number of rotatable bonds is 3. The maximum absolute atomic E-state index is 13.3. The zero-order valence-electron chi connectivity index (χ0n) is 17.6. The Balaban J connectivity index is 1.75. The fourth-order valence-corrected chi connectivity index (χ4v) is 4.01. The summed E-state index contributed by atoms with van der Waals surface area (Å²) in [6, 6.07) is 24.2. The Bertz CT molecular complexity index is 1630. The van der Waals surface area contributed by atoms with Crippen molar-refractivity contribution in [3.05, 3.63) is 112 Å². The van der Waals surface area contributed by atoms with E-state index in [1.807, 2.05) is 42.5 Å². The van der Waals surface area contributed by atoms with E-state index >= 15 is 0 Å². The lowest BCUT2D eigenvalue weighted by Gasteiger charge is -2.15. The summed E-state index contributed by atoms with van der Waals surface area (Å²) in [4.78, 5) is 17.7. The lowest BCUT2D eigenvalue weighted by molar-refractivity contribution is -0.137. The van der Waals surface area contributed by atoms with Gasteiger partial charge in [0.15, 0.2) is 0 Å². The van der Waals surface area contributed by atoms with Gasteiger partial charge in [0.25, 0.3) is 5.56 Å². The van der Waals surface area contributed by atoms with E-state index in [2.05, 4.69) is 4.99 Å². The summed E-state index contributed by atoms with van der Waals surface area (Å²) in [6.45, 7) is 0. The minimum atomic E-state index is -4.59. The summed E-state index contributed by atoms with van der Waals surface area (Å²) in [5.74, 6) is -0.494. The Labute approximate surface area is 191 Å². The molecule has 5 rings (SSSR count). The smallest absolute Gasteiger partial charge is 0.416 e. The standard InChI is InChI=1S/C27H17F3N2O2/c28-27(29,30)18-9-6-10-19(15-18)32-25(33)22-13-4-3-12-21(22)23(26(32)34)16-31-24-14-5-8-17-7-1-2-11-20(17)24/h1-16,34H. The van der Waals surface area contributed by atoms with Crippen molar-refractivity contribution in [1.82, 2.24) is 4.57 Å². The Hall–Kier alpha value is -4.39. The molecule has 0 atom stereocenters. The van der Waals surface area contributed by atoms with Gasteiger partial charge >= 0.3 is 6.18 Å². The van der Waals surface area contributed by atoms with Gasteiger partial charge < -0.3 is 5.11 Å². The number of alkyl halides is 3. The molecule has 0 radical (unpaired) electrons. The molecule has 1 aromatic heterocycles. The Morgan fingerprint density at radius 1 is 0.794 bits per heavy atom. The second-order valence-electron chi connectivity index (χ2n) is 7.73. The second kappa shape index (κ2) is 8.19. The summed E-state index contributed by atoms with van der Waals surface area (Å²) in [5.41, 5.74) is -0.771. The van der Waals surface area contributed by atoms with Gasteiger partial charge in [-0.05, 0) is 35.7 Å². The molecule has 0 spiro atoms. The third-order valence-electron chi connectivity index (χ3n) is 5.63. The molecule has 0 saturated heterocycles. The van der Waals surface area contributed by atoms with Crippen LogP contribution < -0.4 is 5.56 Å². The van der Waals surface area contributed by atoms with Crippen LogP contribution in [0, 0.1) is 0 Å². The van der Waals surface area contributed by atoms with Crippen LogP contribution in [0.4, 0.5) is 18.9 Å². The van der Waals surface area contributed by atoms with E-state index in [1.54, 1.807) is 24.3 Å². The van der Waals surface area contributed by atoms with Crippen LogP contribution in [0.2, 0.25) is 0 Å². The average Bonchev–Trinajstić information content (AvgIpc) is 2.84. The summed E-state index contributed by atoms with van der Waals surface area (Å²) >= 11 is 0. The molecule has 0 saturated carbocycles. The first-order chi connectivity index (χ1) is 16.3. The van der Waals surface area contributed by atoms with Gasteiger partial charge in [-0.15, -0.1) is 0 Å². The van der Waals surface area contributed by atoms with Gasteiger partial charge in [-0.2, -0.15) is 13.2 Å². The molecular weight excluding hydrogens is 441 g/mol. The van der Waals surface area contributed by atoms with Crippen molar-refractivity contribution < 1.29 is 18.3 Å². The first-order valence-electron chi connectivity index (χ1n) is 10.4. The summed E-state index contributed by atoms with van der Waals surface area (Å²) in [7, 11) is 0. The average molecular weight is 458 g/mol. The Morgan fingerprint density at radius 3 is 2.21 bits per heavy atom. The molecule has 168 valence electrons. The molecule has 34 heavy (non-hydrogen) atoms. The van der Waals surface area contributed by atoms with Crippen LogP contribution in [0.1, 0.15) is 11.1 Å². The highest BCUT2D eigenvalue weighted by Crippen LogP contribution is 2.32. The molecule has 7 heteroatoms. The van der Waals surface area contributed by atoms with E-state index in [0.717, 1.165) is 27.5 Å². The number of halogens is 3. The Morgan fingerprint density at radius 2 is 1.44 bits per heavy atom. The number of aromatic nitrogens is 1. The monoisotopic (exact) mass is 458 g/mol. The molecule has 1 heterocycles. The van der Waals surface area contributed by atoms with Crippen molar-refractivity contribution in [2.24, 2.45) is 4.99 Å². The van der Waals surface area contributed by atoms with Gasteiger partial charge in [-0.3, -0.25) is 9.79 Å². The largest absolute Gasteiger partial charge is 0.494 e. The number of pyridine rings is 1. The number of fused-ring (bicyclic) bond motifs is 2. The molecule has 4 aromatic carbocycles. The third-order valence-corrected chi connectivity index (χ3v) is 5.63. The molecule has 0 unspecified atom stereocenters. The number of hydrogen-bond donors (Lipinski definition) is 1. The molecule has 0 aliphatic heterocycles. The van der Waals surface area contributed by atoms with E-state index in [9.17, 15) is 23.1 Å². The van der Waals surface area contributed by atoms with Crippen molar-refractivity contribution in [3.63, 3.8) is 0 Å². The minimum Gasteiger partial charge on any atom is -0.494 e. The van der Waals surface area contributed by atoms with E-state index in [1.165, 1.54) is 18.3 Å². The van der Waals surface area contributed by atoms with Gasteiger partial charge in [0.05, 0.1) is 22.5 Å². The van der Waals surface area contributed by atoms with Crippen molar-refractivity contribution in [1.29, 1.82) is 0 Å². The molecule has 4 nitrogen and oxygen atoms in total. The van der Waals surface area contributed by atoms with Crippen LogP contribution in [-0.2, 0) is 6.18 Å². The summed E-state index contributed by atoms with van der Waals surface area (Å²) < 4.78 is 40.7. The molecule has 1 N–H and O–H groups in total. The highest BCUT2D eigenvalue weighted by molar-refractivity contribution is 6.04. The SMILES string of the molecule is O=c1c2ccccc2c(C=Nc2cccc3ccccc23)c(O)n1-c1cccc(C(F)(F)F)c1.